The molecule has 0 saturated heterocycles. The van der Waals surface area contributed by atoms with Crippen LogP contribution in [0.2, 0.25) is 0 Å². The van der Waals surface area contributed by atoms with E-state index in [1.54, 1.807) is 14.2 Å². The van der Waals surface area contributed by atoms with Crippen molar-refractivity contribution in [1.29, 1.82) is 0 Å². The van der Waals surface area contributed by atoms with Crippen LogP contribution in [0.4, 0.5) is 0 Å². The Morgan fingerprint density at radius 3 is 2.47 bits per heavy atom. The van der Waals surface area contributed by atoms with Gasteiger partial charge < -0.3 is 14.6 Å². The van der Waals surface area contributed by atoms with Crippen molar-refractivity contribution in [2.75, 3.05) is 14.2 Å². The van der Waals surface area contributed by atoms with E-state index >= 15 is 0 Å². The van der Waals surface area contributed by atoms with Gasteiger partial charge in [-0.2, -0.15) is 0 Å². The molecule has 3 atom stereocenters. The van der Waals surface area contributed by atoms with Crippen LogP contribution in [0.15, 0.2) is 18.2 Å². The van der Waals surface area contributed by atoms with E-state index in [9.17, 15) is 5.11 Å². The van der Waals surface area contributed by atoms with Gasteiger partial charge in [-0.05, 0) is 49.3 Å². The van der Waals surface area contributed by atoms with Gasteiger partial charge in [0.2, 0.25) is 0 Å². The smallest absolute Gasteiger partial charge is 0.125 e. The Morgan fingerprint density at radius 2 is 1.89 bits per heavy atom. The summed E-state index contributed by atoms with van der Waals surface area (Å²) in [6.07, 6.45) is 2.59. The van der Waals surface area contributed by atoms with Crippen molar-refractivity contribution >= 4 is 0 Å². The first-order chi connectivity index (χ1) is 9.00. The van der Waals surface area contributed by atoms with Crippen molar-refractivity contribution < 1.29 is 14.6 Å². The van der Waals surface area contributed by atoms with E-state index < -0.39 is 5.60 Å². The molecule has 2 rings (SSSR count). The van der Waals surface area contributed by atoms with Crippen molar-refractivity contribution in [3.05, 3.63) is 23.8 Å². The van der Waals surface area contributed by atoms with Gasteiger partial charge in [-0.25, -0.2) is 0 Å². The fourth-order valence-corrected chi connectivity index (χ4v) is 3.01. The second-order valence-corrected chi connectivity index (χ2v) is 5.80. The lowest BCUT2D eigenvalue weighted by Crippen LogP contribution is -2.35. The van der Waals surface area contributed by atoms with Crippen LogP contribution in [0, 0.1) is 11.8 Å². The number of hydrogen-bond acceptors (Lipinski definition) is 3. The number of aliphatic hydroxyl groups is 1. The van der Waals surface area contributed by atoms with Gasteiger partial charge in [-0.3, -0.25) is 0 Å². The first-order valence-corrected chi connectivity index (χ1v) is 6.95. The van der Waals surface area contributed by atoms with Gasteiger partial charge in [0.15, 0.2) is 0 Å². The quantitative estimate of drug-likeness (QED) is 0.910. The van der Waals surface area contributed by atoms with Crippen LogP contribution in [0.3, 0.4) is 0 Å². The Kier molecular flexibility index (Phi) is 4.04. The second-order valence-electron chi connectivity index (χ2n) is 5.80. The first kappa shape index (κ1) is 14.2. The summed E-state index contributed by atoms with van der Waals surface area (Å²) in [5, 5.41) is 11.0. The molecule has 0 bridgehead atoms. The number of hydrogen-bond donors (Lipinski definition) is 1. The van der Waals surface area contributed by atoms with E-state index in [2.05, 4.69) is 13.8 Å². The molecule has 106 valence electrons. The highest BCUT2D eigenvalue weighted by molar-refractivity contribution is 5.44. The lowest BCUT2D eigenvalue weighted by molar-refractivity contribution is -0.0352. The first-order valence-electron chi connectivity index (χ1n) is 6.95. The molecule has 1 aliphatic carbocycles. The maximum Gasteiger partial charge on any atom is 0.125 e. The number of benzene rings is 1. The topological polar surface area (TPSA) is 38.7 Å². The lowest BCUT2D eigenvalue weighted by atomic mass is 9.70. The van der Waals surface area contributed by atoms with E-state index in [0.717, 1.165) is 36.3 Å². The van der Waals surface area contributed by atoms with Crippen LogP contribution >= 0.6 is 0 Å². The van der Waals surface area contributed by atoms with Gasteiger partial charge in [0.1, 0.15) is 11.5 Å². The lowest BCUT2D eigenvalue weighted by Gasteiger charge is -2.40. The van der Waals surface area contributed by atoms with Crippen LogP contribution in [-0.4, -0.2) is 19.3 Å². The van der Waals surface area contributed by atoms with Crippen LogP contribution in [-0.2, 0) is 5.60 Å². The van der Waals surface area contributed by atoms with Gasteiger partial charge in [-0.15, -0.1) is 0 Å². The monoisotopic (exact) mass is 264 g/mol. The van der Waals surface area contributed by atoms with Gasteiger partial charge in [-0.1, -0.05) is 13.8 Å². The molecule has 3 unspecified atom stereocenters. The highest BCUT2D eigenvalue weighted by Gasteiger charge is 2.39. The third-order valence-corrected chi connectivity index (χ3v) is 4.55. The zero-order valence-corrected chi connectivity index (χ0v) is 12.3. The molecule has 1 N–H and O–H groups in total. The zero-order valence-electron chi connectivity index (χ0n) is 12.3. The highest BCUT2D eigenvalue weighted by Crippen LogP contribution is 2.46. The predicted octanol–water partition coefficient (Wildman–Crippen LogP) is 3.35. The Morgan fingerprint density at radius 1 is 1.16 bits per heavy atom. The van der Waals surface area contributed by atoms with Crippen molar-refractivity contribution in [2.24, 2.45) is 11.8 Å². The Labute approximate surface area is 115 Å². The molecule has 1 aromatic rings. The average molecular weight is 264 g/mol. The molecule has 0 spiro atoms. The van der Waals surface area contributed by atoms with Crippen LogP contribution in [0.25, 0.3) is 0 Å². The van der Waals surface area contributed by atoms with Crippen molar-refractivity contribution in [2.45, 2.75) is 38.7 Å². The summed E-state index contributed by atoms with van der Waals surface area (Å²) in [5.41, 5.74) is 0.0549. The summed E-state index contributed by atoms with van der Waals surface area (Å²) in [5.74, 6) is 2.67. The van der Waals surface area contributed by atoms with Gasteiger partial charge in [0, 0.05) is 5.56 Å². The zero-order chi connectivity index (χ0) is 14.0. The Hall–Kier alpha value is -1.22. The molecule has 19 heavy (non-hydrogen) atoms. The predicted molar refractivity (Wildman–Crippen MR) is 75.6 cm³/mol. The van der Waals surface area contributed by atoms with E-state index in [-0.39, 0.29) is 0 Å². The summed E-state index contributed by atoms with van der Waals surface area (Å²) >= 11 is 0. The SMILES string of the molecule is COc1ccc(OC)c(C2(O)CCC(C)C(C)C2)c1. The fourth-order valence-electron chi connectivity index (χ4n) is 3.01. The number of ether oxygens (including phenoxy) is 2. The number of rotatable bonds is 3. The van der Waals surface area contributed by atoms with E-state index in [1.165, 1.54) is 0 Å². The second kappa shape index (κ2) is 5.41. The summed E-state index contributed by atoms with van der Waals surface area (Å²) in [6.45, 7) is 4.47. The molecule has 1 aromatic carbocycles. The maximum absolute atomic E-state index is 11.0. The van der Waals surface area contributed by atoms with Crippen LogP contribution in [0.1, 0.15) is 38.7 Å². The maximum atomic E-state index is 11.0. The van der Waals surface area contributed by atoms with Gasteiger partial charge in [0.05, 0.1) is 19.8 Å². The fraction of sp³-hybridized carbons (Fsp3) is 0.625. The molecule has 0 aromatic heterocycles. The normalized spacial score (nSPS) is 31.0. The molecule has 1 fully saturated rings. The van der Waals surface area contributed by atoms with E-state index in [1.807, 2.05) is 18.2 Å². The van der Waals surface area contributed by atoms with E-state index in [4.69, 9.17) is 9.47 Å². The minimum atomic E-state index is -0.800. The molecule has 1 saturated carbocycles. The van der Waals surface area contributed by atoms with Crippen LogP contribution < -0.4 is 9.47 Å². The molecular weight excluding hydrogens is 240 g/mol. The minimum absolute atomic E-state index is 0.509. The van der Waals surface area contributed by atoms with Crippen molar-refractivity contribution in [1.82, 2.24) is 0 Å². The third kappa shape index (κ3) is 2.71. The molecule has 0 amide bonds. The molecule has 1 aliphatic rings. The molecule has 3 nitrogen and oxygen atoms in total. The van der Waals surface area contributed by atoms with Crippen LogP contribution in [0.5, 0.6) is 11.5 Å². The standard InChI is InChI=1S/C16H24O3/c1-11-7-8-16(17,10-12(11)2)14-9-13(18-3)5-6-15(14)19-4/h5-6,9,11-12,17H,7-8,10H2,1-4H3. The molecular formula is C16H24O3. The molecule has 0 aliphatic heterocycles. The molecule has 0 radical (unpaired) electrons. The average Bonchev–Trinajstić information content (AvgIpc) is 2.42. The minimum Gasteiger partial charge on any atom is -0.497 e. The largest absolute Gasteiger partial charge is 0.497 e. The summed E-state index contributed by atoms with van der Waals surface area (Å²) < 4.78 is 10.7. The highest BCUT2D eigenvalue weighted by atomic mass is 16.5. The van der Waals surface area contributed by atoms with E-state index in [0.29, 0.717) is 11.8 Å². The van der Waals surface area contributed by atoms with Gasteiger partial charge >= 0.3 is 0 Å². The summed E-state index contributed by atoms with van der Waals surface area (Å²) in [4.78, 5) is 0. The van der Waals surface area contributed by atoms with Crippen molar-refractivity contribution in [3.8, 4) is 11.5 Å². The molecule has 3 heteroatoms. The summed E-state index contributed by atoms with van der Waals surface area (Å²) in [7, 11) is 3.28. The third-order valence-electron chi connectivity index (χ3n) is 4.55. The summed E-state index contributed by atoms with van der Waals surface area (Å²) in [6, 6.07) is 5.64. The molecule has 0 heterocycles. The Balaban J connectivity index is 2.38. The van der Waals surface area contributed by atoms with Crippen molar-refractivity contribution in [3.63, 3.8) is 0 Å². The Bertz CT molecular complexity index is 444. The number of methoxy groups -OCH3 is 2. The van der Waals surface area contributed by atoms with Gasteiger partial charge in [0.25, 0.3) is 0 Å².